The van der Waals surface area contributed by atoms with Gasteiger partial charge in [-0.3, -0.25) is 9.97 Å². The lowest BCUT2D eigenvalue weighted by Gasteiger charge is -2.15. The Balaban J connectivity index is 1.69. The average Bonchev–Trinajstić information content (AvgIpc) is 3.39. The van der Waals surface area contributed by atoms with Gasteiger partial charge in [0.25, 0.3) is 0 Å². The predicted molar refractivity (Wildman–Crippen MR) is 83.9 cm³/mol. The van der Waals surface area contributed by atoms with Crippen LogP contribution in [0.15, 0.2) is 73.2 Å². The molecule has 0 amide bonds. The molecule has 0 bridgehead atoms. The number of pyridine rings is 2. The van der Waals surface area contributed by atoms with Gasteiger partial charge in [-0.1, -0.05) is 36.4 Å². The normalized spacial score (nSPS) is 15.6. The topological polar surface area (TPSA) is 25.8 Å². The lowest BCUT2D eigenvalue weighted by Crippen LogP contribution is -2.10. The van der Waals surface area contributed by atoms with Gasteiger partial charge < -0.3 is 0 Å². The van der Waals surface area contributed by atoms with E-state index in [-0.39, 0.29) is 5.41 Å². The summed E-state index contributed by atoms with van der Waals surface area (Å²) in [4.78, 5) is 8.80. The Morgan fingerprint density at radius 1 is 0.762 bits per heavy atom. The lowest BCUT2D eigenvalue weighted by molar-refractivity contribution is 0.803. The minimum atomic E-state index is 0.151. The molecule has 1 aliphatic rings. The van der Waals surface area contributed by atoms with Gasteiger partial charge in [0.2, 0.25) is 0 Å². The third-order valence-electron chi connectivity index (χ3n) is 4.34. The van der Waals surface area contributed by atoms with Gasteiger partial charge in [0.15, 0.2) is 0 Å². The van der Waals surface area contributed by atoms with E-state index in [0.29, 0.717) is 0 Å². The molecule has 2 nitrogen and oxygen atoms in total. The Morgan fingerprint density at radius 2 is 1.52 bits per heavy atom. The molecule has 1 fully saturated rings. The zero-order chi connectivity index (χ0) is 14.1. The molecule has 1 aliphatic carbocycles. The number of aromatic nitrogens is 2. The van der Waals surface area contributed by atoms with Gasteiger partial charge in [0.1, 0.15) is 0 Å². The standard InChI is InChI=1S/C19H16N2/c1-2-4-17(5-3-1)19(10-11-19)18-7-6-16(14-21-18)15-8-12-20-13-9-15/h1-9,12-14H,10-11H2. The third kappa shape index (κ3) is 2.13. The molecule has 0 atom stereocenters. The number of rotatable bonds is 3. The second kappa shape index (κ2) is 4.81. The Kier molecular flexibility index (Phi) is 2.81. The van der Waals surface area contributed by atoms with Gasteiger partial charge >= 0.3 is 0 Å². The van der Waals surface area contributed by atoms with Crippen LogP contribution in [0.2, 0.25) is 0 Å². The fourth-order valence-electron chi connectivity index (χ4n) is 2.97. The molecule has 0 radical (unpaired) electrons. The molecule has 2 heteroatoms. The van der Waals surface area contributed by atoms with Crippen molar-refractivity contribution in [2.24, 2.45) is 0 Å². The predicted octanol–water partition coefficient (Wildman–Crippen LogP) is 4.22. The molecule has 2 aromatic heterocycles. The Hall–Kier alpha value is -2.48. The summed E-state index contributed by atoms with van der Waals surface area (Å²) in [6.07, 6.45) is 8.00. The number of hydrogen-bond acceptors (Lipinski definition) is 2. The molecule has 0 saturated heterocycles. The van der Waals surface area contributed by atoms with Crippen molar-refractivity contribution in [2.75, 3.05) is 0 Å². The summed E-state index contributed by atoms with van der Waals surface area (Å²) in [6.45, 7) is 0. The number of hydrogen-bond donors (Lipinski definition) is 0. The summed E-state index contributed by atoms with van der Waals surface area (Å²) in [5.41, 5.74) is 5.03. The van der Waals surface area contributed by atoms with Crippen LogP contribution < -0.4 is 0 Å². The van der Waals surface area contributed by atoms with Crippen molar-refractivity contribution in [2.45, 2.75) is 18.3 Å². The minimum absolute atomic E-state index is 0.151. The van der Waals surface area contributed by atoms with E-state index in [2.05, 4.69) is 47.4 Å². The summed E-state index contributed by atoms with van der Waals surface area (Å²) < 4.78 is 0. The molecule has 1 saturated carbocycles. The third-order valence-corrected chi connectivity index (χ3v) is 4.34. The van der Waals surface area contributed by atoms with Crippen molar-refractivity contribution in [1.82, 2.24) is 9.97 Å². The highest BCUT2D eigenvalue weighted by Crippen LogP contribution is 2.52. The molecule has 4 rings (SSSR count). The van der Waals surface area contributed by atoms with Gasteiger partial charge in [-0.15, -0.1) is 0 Å². The van der Waals surface area contributed by atoms with Crippen LogP contribution >= 0.6 is 0 Å². The Bertz CT molecular complexity index is 730. The first-order valence-corrected chi connectivity index (χ1v) is 7.31. The van der Waals surface area contributed by atoms with Gasteiger partial charge in [0, 0.05) is 29.6 Å². The van der Waals surface area contributed by atoms with Crippen LogP contribution in [0.5, 0.6) is 0 Å². The van der Waals surface area contributed by atoms with Crippen LogP contribution in [0.3, 0.4) is 0 Å². The van der Waals surface area contributed by atoms with Crippen LogP contribution in [0.1, 0.15) is 24.1 Å². The van der Waals surface area contributed by atoms with Crippen molar-refractivity contribution in [1.29, 1.82) is 0 Å². The SMILES string of the molecule is c1ccc(C2(c3ccc(-c4ccncc4)cn3)CC2)cc1. The molecule has 3 aromatic rings. The first-order valence-electron chi connectivity index (χ1n) is 7.31. The van der Waals surface area contributed by atoms with E-state index < -0.39 is 0 Å². The summed E-state index contributed by atoms with van der Waals surface area (Å²) in [6, 6.07) is 19.1. The second-order valence-corrected chi connectivity index (χ2v) is 5.62. The monoisotopic (exact) mass is 272 g/mol. The Morgan fingerprint density at radius 3 is 2.14 bits per heavy atom. The zero-order valence-corrected chi connectivity index (χ0v) is 11.7. The quantitative estimate of drug-likeness (QED) is 0.713. The van der Waals surface area contributed by atoms with Crippen LogP contribution in [-0.4, -0.2) is 9.97 Å². The molecule has 102 valence electrons. The number of nitrogens with zero attached hydrogens (tertiary/aromatic N) is 2. The van der Waals surface area contributed by atoms with Crippen molar-refractivity contribution >= 4 is 0 Å². The van der Waals surface area contributed by atoms with Crippen molar-refractivity contribution in [3.05, 3.63) is 84.4 Å². The van der Waals surface area contributed by atoms with E-state index in [4.69, 9.17) is 4.98 Å². The smallest absolute Gasteiger partial charge is 0.0509 e. The molecular weight excluding hydrogens is 256 g/mol. The van der Waals surface area contributed by atoms with Gasteiger partial charge in [0.05, 0.1) is 5.69 Å². The molecule has 0 unspecified atom stereocenters. The summed E-state index contributed by atoms with van der Waals surface area (Å²) >= 11 is 0. The van der Waals surface area contributed by atoms with E-state index in [1.807, 2.05) is 30.7 Å². The maximum absolute atomic E-state index is 4.75. The molecule has 0 spiro atoms. The molecule has 2 heterocycles. The van der Waals surface area contributed by atoms with Crippen LogP contribution in [-0.2, 0) is 5.41 Å². The number of benzene rings is 1. The van der Waals surface area contributed by atoms with E-state index in [9.17, 15) is 0 Å². The van der Waals surface area contributed by atoms with Crippen molar-refractivity contribution in [3.8, 4) is 11.1 Å². The fraction of sp³-hybridized carbons (Fsp3) is 0.158. The fourth-order valence-corrected chi connectivity index (χ4v) is 2.97. The molecular formula is C19H16N2. The van der Waals surface area contributed by atoms with Crippen LogP contribution in [0.25, 0.3) is 11.1 Å². The highest BCUT2D eigenvalue weighted by atomic mass is 14.7. The second-order valence-electron chi connectivity index (χ2n) is 5.62. The summed E-state index contributed by atoms with van der Waals surface area (Å²) in [7, 11) is 0. The van der Waals surface area contributed by atoms with E-state index >= 15 is 0 Å². The maximum Gasteiger partial charge on any atom is 0.0509 e. The van der Waals surface area contributed by atoms with Gasteiger partial charge in [-0.05, 0) is 42.2 Å². The van der Waals surface area contributed by atoms with Crippen molar-refractivity contribution in [3.63, 3.8) is 0 Å². The van der Waals surface area contributed by atoms with E-state index in [1.165, 1.54) is 24.1 Å². The average molecular weight is 272 g/mol. The highest BCUT2D eigenvalue weighted by molar-refractivity contribution is 5.62. The summed E-state index contributed by atoms with van der Waals surface area (Å²) in [5, 5.41) is 0. The first-order chi connectivity index (χ1) is 10.4. The largest absolute Gasteiger partial charge is 0.265 e. The lowest BCUT2D eigenvalue weighted by atomic mass is 9.91. The molecule has 21 heavy (non-hydrogen) atoms. The van der Waals surface area contributed by atoms with E-state index in [0.717, 1.165) is 11.1 Å². The van der Waals surface area contributed by atoms with Gasteiger partial charge in [-0.2, -0.15) is 0 Å². The van der Waals surface area contributed by atoms with Crippen LogP contribution in [0, 0.1) is 0 Å². The molecule has 0 N–H and O–H groups in total. The molecule has 1 aromatic carbocycles. The minimum Gasteiger partial charge on any atom is -0.265 e. The highest BCUT2D eigenvalue weighted by Gasteiger charge is 2.46. The first kappa shape index (κ1) is 12.3. The Labute approximate surface area is 124 Å². The van der Waals surface area contributed by atoms with Gasteiger partial charge in [-0.25, -0.2) is 0 Å². The van der Waals surface area contributed by atoms with E-state index in [1.54, 1.807) is 0 Å². The summed E-state index contributed by atoms with van der Waals surface area (Å²) in [5.74, 6) is 0. The molecule has 0 aliphatic heterocycles. The van der Waals surface area contributed by atoms with Crippen molar-refractivity contribution < 1.29 is 0 Å². The maximum atomic E-state index is 4.75. The van der Waals surface area contributed by atoms with Crippen LogP contribution in [0.4, 0.5) is 0 Å². The zero-order valence-electron chi connectivity index (χ0n) is 11.7.